The normalized spacial score (nSPS) is 13.2. The fourth-order valence-corrected chi connectivity index (χ4v) is 1.81. The molecule has 1 rings (SSSR count). The minimum Gasteiger partial charge on any atom is -0.496 e. The average Bonchev–Trinajstić information content (AvgIpc) is 2.62. The van der Waals surface area contributed by atoms with E-state index < -0.39 is 6.10 Å². The molecule has 1 aromatic heterocycles. The highest BCUT2D eigenvalue weighted by Crippen LogP contribution is 2.26. The van der Waals surface area contributed by atoms with Crippen molar-refractivity contribution in [3.8, 4) is 5.75 Å². The first kappa shape index (κ1) is 11.5. The molecule has 0 radical (unpaired) electrons. The van der Waals surface area contributed by atoms with Gasteiger partial charge in [0, 0.05) is 10.3 Å². The highest BCUT2D eigenvalue weighted by molar-refractivity contribution is 7.10. The van der Waals surface area contributed by atoms with Gasteiger partial charge in [0.2, 0.25) is 0 Å². The van der Waals surface area contributed by atoms with E-state index in [1.807, 2.05) is 25.3 Å². The summed E-state index contributed by atoms with van der Waals surface area (Å²) in [4.78, 5) is 0.877. The Morgan fingerprint density at radius 1 is 1.50 bits per heavy atom. The van der Waals surface area contributed by atoms with Gasteiger partial charge in [-0.2, -0.15) is 0 Å². The van der Waals surface area contributed by atoms with Crippen molar-refractivity contribution in [1.82, 2.24) is 0 Å². The van der Waals surface area contributed by atoms with E-state index in [-0.39, 0.29) is 6.10 Å². The molecule has 0 bridgehead atoms. The quantitative estimate of drug-likeness (QED) is 0.820. The molecule has 1 aromatic rings. The van der Waals surface area contributed by atoms with Crippen molar-refractivity contribution >= 4 is 11.3 Å². The van der Waals surface area contributed by atoms with Gasteiger partial charge >= 0.3 is 0 Å². The molecule has 0 saturated carbocycles. The van der Waals surface area contributed by atoms with E-state index in [2.05, 4.69) is 0 Å². The maximum absolute atomic E-state index is 9.71. The molecular weight excluding hydrogens is 200 g/mol. The molecule has 3 nitrogen and oxygen atoms in total. The Morgan fingerprint density at radius 3 is 2.71 bits per heavy atom. The lowest BCUT2D eigenvalue weighted by Gasteiger charge is -2.11. The van der Waals surface area contributed by atoms with Crippen LogP contribution in [0.4, 0.5) is 0 Å². The van der Waals surface area contributed by atoms with Crippen LogP contribution in [0.25, 0.3) is 0 Å². The zero-order chi connectivity index (χ0) is 10.6. The summed E-state index contributed by atoms with van der Waals surface area (Å²) in [7, 11) is 1.61. The van der Waals surface area contributed by atoms with Crippen molar-refractivity contribution in [2.75, 3.05) is 13.7 Å². The highest BCUT2D eigenvalue weighted by Gasteiger charge is 2.11. The largest absolute Gasteiger partial charge is 0.496 e. The molecule has 0 spiro atoms. The zero-order valence-electron chi connectivity index (χ0n) is 8.69. The van der Waals surface area contributed by atoms with Gasteiger partial charge in [0.25, 0.3) is 0 Å². The number of aliphatic hydroxyl groups excluding tert-OH is 1. The number of hydrogen-bond donors (Lipinski definition) is 1. The summed E-state index contributed by atoms with van der Waals surface area (Å²) >= 11 is 1.48. The fourth-order valence-electron chi connectivity index (χ4n) is 0.982. The van der Waals surface area contributed by atoms with Crippen LogP contribution in [0.1, 0.15) is 24.8 Å². The molecule has 14 heavy (non-hydrogen) atoms. The smallest absolute Gasteiger partial charge is 0.129 e. The number of hydrogen-bond acceptors (Lipinski definition) is 4. The molecule has 4 heteroatoms. The monoisotopic (exact) mass is 216 g/mol. The summed E-state index contributed by atoms with van der Waals surface area (Å²) in [6.45, 7) is 4.23. The lowest BCUT2D eigenvalue weighted by Crippen LogP contribution is -2.10. The fraction of sp³-hybridized carbons (Fsp3) is 0.600. The topological polar surface area (TPSA) is 38.7 Å². The van der Waals surface area contributed by atoms with Gasteiger partial charge in [0.1, 0.15) is 11.9 Å². The summed E-state index contributed by atoms with van der Waals surface area (Å²) in [5, 5.41) is 11.6. The van der Waals surface area contributed by atoms with E-state index in [1.165, 1.54) is 11.3 Å². The lowest BCUT2D eigenvalue weighted by atomic mass is 10.3. The van der Waals surface area contributed by atoms with Crippen LogP contribution in [0.5, 0.6) is 5.75 Å². The molecule has 0 aromatic carbocycles. The molecule has 1 N–H and O–H groups in total. The minimum atomic E-state index is -0.550. The Kier molecular flexibility index (Phi) is 4.38. The van der Waals surface area contributed by atoms with Crippen molar-refractivity contribution in [3.63, 3.8) is 0 Å². The second-order valence-electron chi connectivity index (χ2n) is 3.29. The predicted octanol–water partition coefficient (Wildman–Crippen LogP) is 2.22. The molecule has 1 atom stereocenters. The second-order valence-corrected chi connectivity index (χ2v) is 4.23. The third-order valence-electron chi connectivity index (χ3n) is 1.75. The molecule has 0 aliphatic carbocycles. The van der Waals surface area contributed by atoms with Crippen molar-refractivity contribution in [1.29, 1.82) is 0 Å². The number of ether oxygens (including phenoxy) is 2. The van der Waals surface area contributed by atoms with E-state index in [4.69, 9.17) is 9.47 Å². The van der Waals surface area contributed by atoms with Crippen LogP contribution in [-0.4, -0.2) is 24.9 Å². The van der Waals surface area contributed by atoms with Gasteiger partial charge in [-0.25, -0.2) is 0 Å². The average molecular weight is 216 g/mol. The summed E-state index contributed by atoms with van der Waals surface area (Å²) in [6.07, 6.45) is -0.405. The molecular formula is C10H16O3S. The van der Waals surface area contributed by atoms with Crippen LogP contribution in [0.3, 0.4) is 0 Å². The summed E-state index contributed by atoms with van der Waals surface area (Å²) in [5.41, 5.74) is 0. The Morgan fingerprint density at radius 2 is 2.21 bits per heavy atom. The molecule has 0 aliphatic rings. The Hall–Kier alpha value is -0.580. The van der Waals surface area contributed by atoms with Gasteiger partial charge in [-0.05, 0) is 19.9 Å². The van der Waals surface area contributed by atoms with Crippen LogP contribution in [0.15, 0.2) is 11.4 Å². The molecule has 0 fully saturated rings. The molecule has 0 saturated heterocycles. The van der Waals surface area contributed by atoms with E-state index in [0.717, 1.165) is 10.6 Å². The lowest BCUT2D eigenvalue weighted by molar-refractivity contribution is 0.00629. The minimum absolute atomic E-state index is 0.145. The van der Waals surface area contributed by atoms with Crippen LogP contribution in [0.2, 0.25) is 0 Å². The van der Waals surface area contributed by atoms with Gasteiger partial charge in [0.15, 0.2) is 0 Å². The van der Waals surface area contributed by atoms with Crippen molar-refractivity contribution in [2.24, 2.45) is 0 Å². The molecule has 0 aliphatic heterocycles. The van der Waals surface area contributed by atoms with Gasteiger partial charge in [-0.3, -0.25) is 0 Å². The third kappa shape index (κ3) is 3.29. The first-order valence-electron chi connectivity index (χ1n) is 4.55. The first-order valence-corrected chi connectivity index (χ1v) is 5.43. The Bertz CT molecular complexity index is 270. The van der Waals surface area contributed by atoms with Crippen LogP contribution in [-0.2, 0) is 4.74 Å². The zero-order valence-corrected chi connectivity index (χ0v) is 9.50. The van der Waals surface area contributed by atoms with Gasteiger partial charge < -0.3 is 14.6 Å². The summed E-state index contributed by atoms with van der Waals surface area (Å²) in [5.74, 6) is 0.786. The number of methoxy groups -OCH3 is 1. The van der Waals surface area contributed by atoms with Crippen molar-refractivity contribution < 1.29 is 14.6 Å². The molecule has 80 valence electrons. The third-order valence-corrected chi connectivity index (χ3v) is 2.76. The molecule has 1 unspecified atom stereocenters. The number of aliphatic hydroxyl groups is 1. The van der Waals surface area contributed by atoms with Crippen molar-refractivity contribution in [3.05, 3.63) is 16.3 Å². The van der Waals surface area contributed by atoms with Gasteiger partial charge in [-0.1, -0.05) is 0 Å². The molecule has 0 amide bonds. The highest BCUT2D eigenvalue weighted by atomic mass is 32.1. The van der Waals surface area contributed by atoms with E-state index in [0.29, 0.717) is 6.61 Å². The Balaban J connectivity index is 2.47. The van der Waals surface area contributed by atoms with Crippen LogP contribution < -0.4 is 4.74 Å². The van der Waals surface area contributed by atoms with E-state index in [1.54, 1.807) is 7.11 Å². The van der Waals surface area contributed by atoms with Crippen LogP contribution >= 0.6 is 11.3 Å². The van der Waals surface area contributed by atoms with Crippen molar-refractivity contribution in [2.45, 2.75) is 26.1 Å². The van der Waals surface area contributed by atoms with Gasteiger partial charge in [0.05, 0.1) is 19.8 Å². The van der Waals surface area contributed by atoms with E-state index >= 15 is 0 Å². The summed E-state index contributed by atoms with van der Waals surface area (Å²) in [6, 6.07) is 1.83. The van der Waals surface area contributed by atoms with Crippen LogP contribution in [0, 0.1) is 0 Å². The predicted molar refractivity (Wildman–Crippen MR) is 56.9 cm³/mol. The Labute approximate surface area is 88.3 Å². The van der Waals surface area contributed by atoms with Gasteiger partial charge in [-0.15, -0.1) is 11.3 Å². The maximum atomic E-state index is 9.71. The number of rotatable bonds is 5. The second kappa shape index (κ2) is 5.34. The maximum Gasteiger partial charge on any atom is 0.129 e. The summed E-state index contributed by atoms with van der Waals surface area (Å²) < 4.78 is 10.3. The van der Waals surface area contributed by atoms with E-state index in [9.17, 15) is 5.11 Å². The first-order chi connectivity index (χ1) is 6.63. The standard InChI is InChI=1S/C10H16O3S/c1-7(2)13-5-9(11)10-4-8(12-3)6-14-10/h4,6-7,9,11H,5H2,1-3H3. The molecule has 1 heterocycles. The SMILES string of the molecule is COc1csc(C(O)COC(C)C)c1. The number of thiophene rings is 1.